The predicted molar refractivity (Wildman–Crippen MR) is 505 cm³/mol. The van der Waals surface area contributed by atoms with Crippen molar-refractivity contribution in [3.63, 3.8) is 0 Å². The summed E-state index contributed by atoms with van der Waals surface area (Å²) in [4.78, 5) is 4.15. The van der Waals surface area contributed by atoms with Crippen LogP contribution in [0.4, 0.5) is 5.69 Å². The maximum absolute atomic E-state index is 10.9. The number of benzene rings is 18. The van der Waals surface area contributed by atoms with Gasteiger partial charge in [0.15, 0.2) is 0 Å². The lowest BCUT2D eigenvalue weighted by atomic mass is 10.0. The van der Waals surface area contributed by atoms with Crippen LogP contribution in [-0.2, 0) is 0 Å². The van der Waals surface area contributed by atoms with Gasteiger partial charge in [0.1, 0.15) is 40.5 Å². The van der Waals surface area contributed by atoms with E-state index in [0.29, 0.717) is 33.8 Å². The standard InChI is InChI=1S/2C56H31N5O/c1-58-45-32-52(61-48-21-11-7-18-42(48)55-51(61)28-25-41-40-17-8-12-22-54(40)62-56(41)55)36(33-57)31-53(45)60-47-20-10-6-16-39(47)44-30-35(24-27-50(44)60)34-23-26-49-43(29-34)38-15-5-9-19-46(38)59(49)37-13-3-2-4-14-37;57-32-36-30-52(53(31-37(36)33-58)61-48-20-10-6-17-43(48)55-51(61)27-24-42-41-16-7-11-21-54(41)62-56(42)55)60-47-19-9-5-15-40(47)45-29-35(23-26-50(45)60)34-22-25-49-44(28-34)39-14-4-8-18-46(39)59(49)38-12-2-1-3-13-38/h2-32H;1-31H. The number of aromatic nitrogens is 6. The highest BCUT2D eigenvalue weighted by Gasteiger charge is 2.28. The maximum atomic E-state index is 10.9. The molecule has 12 heteroatoms. The molecule has 0 atom stereocenters. The minimum atomic E-state index is 0.314. The molecule has 8 heterocycles. The third kappa shape index (κ3) is 10.1. The van der Waals surface area contributed by atoms with Crippen LogP contribution in [0, 0.1) is 40.6 Å². The zero-order valence-electron chi connectivity index (χ0n) is 66.1. The van der Waals surface area contributed by atoms with Gasteiger partial charge in [-0.2, -0.15) is 15.8 Å². The minimum absolute atomic E-state index is 0.314. The lowest BCUT2D eigenvalue weighted by Gasteiger charge is -2.18. The zero-order chi connectivity index (χ0) is 82.1. The number of hydrogen-bond acceptors (Lipinski definition) is 5. The van der Waals surface area contributed by atoms with Gasteiger partial charge in [0.05, 0.1) is 123 Å². The first-order valence-corrected chi connectivity index (χ1v) is 41.2. The Morgan fingerprint density at radius 1 is 0.218 bits per heavy atom. The molecule has 12 nitrogen and oxygen atoms in total. The van der Waals surface area contributed by atoms with Crippen molar-refractivity contribution in [2.75, 3.05) is 0 Å². The highest BCUT2D eigenvalue weighted by Crippen LogP contribution is 2.49. The van der Waals surface area contributed by atoms with E-state index >= 15 is 0 Å². The Balaban J connectivity index is 0.000000136. The Morgan fingerprint density at radius 3 is 0.879 bits per heavy atom. The molecule has 0 fully saturated rings. The largest absolute Gasteiger partial charge is 0.455 e. The van der Waals surface area contributed by atoms with Gasteiger partial charge in [-0.15, -0.1) is 0 Å². The summed E-state index contributed by atoms with van der Waals surface area (Å²) in [6.07, 6.45) is 0. The summed E-state index contributed by atoms with van der Waals surface area (Å²) < 4.78 is 26.6. The van der Waals surface area contributed by atoms with Crippen molar-refractivity contribution < 1.29 is 8.83 Å². The fourth-order valence-electron chi connectivity index (χ4n) is 20.1. The molecular formula is C112H62N10O2. The molecule has 0 aliphatic rings. The van der Waals surface area contributed by atoms with E-state index in [1.807, 2.05) is 84.9 Å². The van der Waals surface area contributed by atoms with E-state index in [1.165, 1.54) is 32.6 Å². The number of nitrogens with zero attached hydrogens (tertiary/aromatic N) is 10. The number of furan rings is 2. The first-order chi connectivity index (χ1) is 61.4. The van der Waals surface area contributed by atoms with Gasteiger partial charge >= 0.3 is 0 Å². The van der Waals surface area contributed by atoms with Gasteiger partial charge in [-0.05, 0) is 192 Å². The Bertz CT molecular complexity index is 9330. The summed E-state index contributed by atoms with van der Waals surface area (Å²) in [7, 11) is 0. The lowest BCUT2D eigenvalue weighted by molar-refractivity contribution is 0.672. The molecule has 26 rings (SSSR count). The third-order valence-corrected chi connectivity index (χ3v) is 25.4. The maximum Gasteiger partial charge on any atom is 0.212 e. The molecule has 0 amide bonds. The van der Waals surface area contributed by atoms with Gasteiger partial charge in [-0.25, -0.2) is 4.85 Å². The summed E-state index contributed by atoms with van der Waals surface area (Å²) in [5, 5.41) is 49.3. The Hall–Kier alpha value is -17.7. The molecule has 0 aliphatic carbocycles. The van der Waals surface area contributed by atoms with E-state index in [0.717, 1.165) is 187 Å². The summed E-state index contributed by atoms with van der Waals surface area (Å²) in [6, 6.07) is 138. The van der Waals surface area contributed by atoms with Crippen LogP contribution in [0.5, 0.6) is 0 Å². The average Bonchev–Trinajstić information content (AvgIpc) is 1.55. The molecule has 0 saturated carbocycles. The molecule has 0 spiro atoms. The molecule has 18 aromatic carbocycles. The molecule has 572 valence electrons. The van der Waals surface area contributed by atoms with E-state index in [1.54, 1.807) is 0 Å². The summed E-state index contributed by atoms with van der Waals surface area (Å²) >= 11 is 0. The normalized spacial score (nSPS) is 11.8. The molecular weight excluding hydrogens is 1520 g/mol. The van der Waals surface area contributed by atoms with Crippen molar-refractivity contribution in [1.82, 2.24) is 27.4 Å². The predicted octanol–water partition coefficient (Wildman–Crippen LogP) is 29.3. The van der Waals surface area contributed by atoms with Gasteiger partial charge in [0.25, 0.3) is 0 Å². The van der Waals surface area contributed by atoms with Gasteiger partial charge in [0.2, 0.25) is 5.69 Å². The van der Waals surface area contributed by atoms with Gasteiger partial charge < -0.3 is 36.2 Å². The van der Waals surface area contributed by atoms with Crippen LogP contribution in [0.25, 0.3) is 236 Å². The second kappa shape index (κ2) is 26.9. The van der Waals surface area contributed by atoms with Crippen LogP contribution in [-0.4, -0.2) is 27.4 Å². The monoisotopic (exact) mass is 1580 g/mol. The first kappa shape index (κ1) is 69.4. The second-order valence-corrected chi connectivity index (χ2v) is 31.8. The quantitative estimate of drug-likeness (QED) is 0.140. The number of hydrogen-bond donors (Lipinski definition) is 0. The molecule has 0 saturated heterocycles. The molecule has 124 heavy (non-hydrogen) atoms. The smallest absolute Gasteiger partial charge is 0.212 e. The van der Waals surface area contributed by atoms with Gasteiger partial charge in [-0.1, -0.05) is 206 Å². The molecule has 26 aromatic rings. The highest BCUT2D eigenvalue weighted by molar-refractivity contribution is 6.26. The van der Waals surface area contributed by atoms with Crippen LogP contribution in [0.2, 0.25) is 0 Å². The molecule has 0 unspecified atom stereocenters. The fourth-order valence-corrected chi connectivity index (χ4v) is 20.1. The molecule has 0 radical (unpaired) electrons. The van der Waals surface area contributed by atoms with Crippen molar-refractivity contribution in [3.05, 3.63) is 404 Å². The van der Waals surface area contributed by atoms with Crippen LogP contribution in [0.1, 0.15) is 16.7 Å². The minimum Gasteiger partial charge on any atom is -0.455 e. The second-order valence-electron chi connectivity index (χ2n) is 31.8. The number of fused-ring (bicyclic) bond motifs is 26. The summed E-state index contributed by atoms with van der Waals surface area (Å²) in [5.74, 6) is 0. The number of para-hydroxylation sites is 10. The molecule has 8 aromatic heterocycles. The topological polar surface area (TPSA) is 132 Å². The van der Waals surface area contributed by atoms with E-state index in [2.05, 4.69) is 342 Å². The van der Waals surface area contributed by atoms with Crippen molar-refractivity contribution in [1.29, 1.82) is 15.8 Å². The Morgan fingerprint density at radius 2 is 0.500 bits per heavy atom. The van der Waals surface area contributed by atoms with Crippen LogP contribution < -0.4 is 0 Å². The fraction of sp³-hybridized carbons (Fsp3) is 0. The van der Waals surface area contributed by atoms with E-state index in [9.17, 15) is 15.8 Å². The molecule has 0 N–H and O–H groups in total. The van der Waals surface area contributed by atoms with Crippen molar-refractivity contribution in [2.24, 2.45) is 0 Å². The molecule has 0 bridgehead atoms. The third-order valence-electron chi connectivity index (χ3n) is 25.4. The van der Waals surface area contributed by atoms with Gasteiger partial charge in [0, 0.05) is 86.8 Å². The average molecular weight is 1580 g/mol. The number of rotatable bonds is 8. The van der Waals surface area contributed by atoms with E-state index < -0.39 is 0 Å². The number of nitriles is 3. The van der Waals surface area contributed by atoms with E-state index in [-0.39, 0.29) is 0 Å². The van der Waals surface area contributed by atoms with Crippen molar-refractivity contribution >= 4 is 180 Å². The lowest BCUT2D eigenvalue weighted by Crippen LogP contribution is -2.05. The van der Waals surface area contributed by atoms with E-state index in [4.69, 9.17) is 15.4 Å². The van der Waals surface area contributed by atoms with Crippen molar-refractivity contribution in [3.8, 4) is 74.6 Å². The van der Waals surface area contributed by atoms with Crippen molar-refractivity contribution in [2.45, 2.75) is 0 Å². The van der Waals surface area contributed by atoms with Crippen LogP contribution in [0.15, 0.2) is 385 Å². The molecule has 0 aliphatic heterocycles. The highest BCUT2D eigenvalue weighted by atomic mass is 16.3. The van der Waals surface area contributed by atoms with Crippen LogP contribution >= 0.6 is 0 Å². The van der Waals surface area contributed by atoms with Crippen LogP contribution in [0.3, 0.4) is 0 Å². The Labute approximate surface area is 706 Å². The first-order valence-electron chi connectivity index (χ1n) is 41.2. The Kier molecular flexibility index (Phi) is 15.1. The SMILES string of the molecule is N#Cc1cc(-n2c3ccccc3c3cc(-c4ccc5c(c4)c4ccccc4n5-c4ccccc4)ccc32)c(-n2c3ccccc3c3c4oc5ccccc5c4ccc32)cc1C#N.[C-]#[N+]c1cc(-n2c3ccccc3c3c4oc5ccccc5c4ccc32)c(C#N)cc1-n1c2ccccc2c2cc(-c3ccc4c(c3)c3ccccc3n4-c3ccccc3)ccc21. The van der Waals surface area contributed by atoms with Gasteiger partial charge in [-0.3, -0.25) is 0 Å². The summed E-state index contributed by atoms with van der Waals surface area (Å²) in [6.45, 7) is 8.58. The zero-order valence-corrected chi connectivity index (χ0v) is 66.1. The summed E-state index contributed by atoms with van der Waals surface area (Å²) in [5.41, 5.74) is 26.8.